The Kier molecular flexibility index (Phi) is 5.40. The van der Waals surface area contributed by atoms with E-state index >= 15 is 0 Å². The summed E-state index contributed by atoms with van der Waals surface area (Å²) in [5, 5.41) is 5.99. The van der Waals surface area contributed by atoms with E-state index in [1.165, 1.54) is 23.5 Å². The van der Waals surface area contributed by atoms with E-state index < -0.39 is 11.7 Å². The number of thiazole rings is 1. The first-order valence-corrected chi connectivity index (χ1v) is 10.6. The van der Waals surface area contributed by atoms with E-state index in [2.05, 4.69) is 25.1 Å². The normalized spacial score (nSPS) is 12.2. The first-order valence-electron chi connectivity index (χ1n) is 9.74. The third-order valence-corrected chi connectivity index (χ3v) is 6.20. The molecule has 0 aliphatic rings. The zero-order valence-electron chi connectivity index (χ0n) is 16.9. The Morgan fingerprint density at radius 2 is 1.77 bits per heavy atom. The van der Waals surface area contributed by atoms with Crippen LogP contribution in [0.15, 0.2) is 47.0 Å². The molecule has 0 aliphatic heterocycles. The van der Waals surface area contributed by atoms with Crippen molar-refractivity contribution < 1.29 is 17.7 Å². The monoisotopic (exact) mass is 430 g/mol. The average Bonchev–Trinajstić information content (AvgIpc) is 3.30. The Bertz CT molecular complexity index is 1170. The van der Waals surface area contributed by atoms with Gasteiger partial charge in [-0.3, -0.25) is 0 Å². The molecule has 0 fully saturated rings. The van der Waals surface area contributed by atoms with Crippen molar-refractivity contribution in [1.29, 1.82) is 0 Å². The van der Waals surface area contributed by atoms with Crippen LogP contribution >= 0.6 is 11.3 Å². The predicted molar refractivity (Wildman–Crippen MR) is 113 cm³/mol. The highest BCUT2D eigenvalue weighted by atomic mass is 32.1. The van der Waals surface area contributed by atoms with Gasteiger partial charge >= 0.3 is 6.18 Å². The second kappa shape index (κ2) is 7.87. The van der Waals surface area contributed by atoms with E-state index in [1.54, 1.807) is 0 Å². The molecule has 30 heavy (non-hydrogen) atoms. The van der Waals surface area contributed by atoms with Crippen molar-refractivity contribution in [3.63, 3.8) is 0 Å². The molecule has 0 N–H and O–H groups in total. The van der Waals surface area contributed by atoms with Gasteiger partial charge in [0, 0.05) is 15.8 Å². The molecule has 7 heteroatoms. The standard InChI is InChI=1S/C23H21F3N2OS/c1-13(2)21-20(11-9-18-17-12-14(3)4-10-19(17)29-28-18)30-22(27-21)15-5-7-16(8-6-15)23(24,25)26/h4-8,10,12-13H,9,11H2,1-3H3. The Hall–Kier alpha value is -2.67. The summed E-state index contributed by atoms with van der Waals surface area (Å²) in [6.45, 7) is 6.18. The second-order valence-corrected chi connectivity index (χ2v) is 8.77. The molecule has 4 rings (SSSR count). The molecule has 0 saturated heterocycles. The number of alkyl halides is 3. The SMILES string of the molecule is Cc1ccc2onc(CCc3sc(-c4ccc(C(F)(F)F)cc4)nc3C(C)C)c2c1. The van der Waals surface area contributed by atoms with Crippen molar-refractivity contribution >= 4 is 22.3 Å². The molecular weight excluding hydrogens is 409 g/mol. The molecule has 3 nitrogen and oxygen atoms in total. The summed E-state index contributed by atoms with van der Waals surface area (Å²) in [6, 6.07) is 11.2. The van der Waals surface area contributed by atoms with E-state index in [0.717, 1.165) is 56.4 Å². The van der Waals surface area contributed by atoms with Crippen LogP contribution in [0.3, 0.4) is 0 Å². The maximum Gasteiger partial charge on any atom is 0.416 e. The van der Waals surface area contributed by atoms with E-state index in [9.17, 15) is 13.2 Å². The van der Waals surface area contributed by atoms with Crippen molar-refractivity contribution in [2.24, 2.45) is 0 Å². The summed E-state index contributed by atoms with van der Waals surface area (Å²) in [7, 11) is 0. The minimum atomic E-state index is -4.34. The van der Waals surface area contributed by atoms with Crippen LogP contribution in [-0.4, -0.2) is 10.1 Å². The second-order valence-electron chi connectivity index (χ2n) is 7.69. The van der Waals surface area contributed by atoms with Crippen molar-refractivity contribution in [2.75, 3.05) is 0 Å². The van der Waals surface area contributed by atoms with Gasteiger partial charge in [-0.25, -0.2) is 4.98 Å². The number of nitrogens with zero attached hydrogens (tertiary/aromatic N) is 2. The van der Waals surface area contributed by atoms with Gasteiger partial charge in [-0.15, -0.1) is 11.3 Å². The van der Waals surface area contributed by atoms with Gasteiger partial charge in [0.15, 0.2) is 5.58 Å². The summed E-state index contributed by atoms with van der Waals surface area (Å²) in [5.74, 6) is 0.218. The van der Waals surface area contributed by atoms with Crippen molar-refractivity contribution in [2.45, 2.75) is 45.7 Å². The van der Waals surface area contributed by atoms with Crippen LogP contribution in [0.2, 0.25) is 0 Å². The van der Waals surface area contributed by atoms with Gasteiger partial charge in [0.2, 0.25) is 0 Å². The fourth-order valence-electron chi connectivity index (χ4n) is 3.43. The van der Waals surface area contributed by atoms with Crippen LogP contribution < -0.4 is 0 Å². The number of rotatable bonds is 5. The lowest BCUT2D eigenvalue weighted by Crippen LogP contribution is -2.03. The predicted octanol–water partition coefficient (Wildman–Crippen LogP) is 7.19. The highest BCUT2D eigenvalue weighted by molar-refractivity contribution is 7.15. The molecule has 0 aliphatic carbocycles. The summed E-state index contributed by atoms with van der Waals surface area (Å²) in [4.78, 5) is 5.87. The lowest BCUT2D eigenvalue weighted by molar-refractivity contribution is -0.137. The summed E-state index contributed by atoms with van der Waals surface area (Å²) in [5.41, 5.74) is 3.86. The molecule has 0 amide bonds. The van der Waals surface area contributed by atoms with E-state index in [-0.39, 0.29) is 5.92 Å². The molecule has 2 heterocycles. The van der Waals surface area contributed by atoms with Crippen LogP contribution in [0.5, 0.6) is 0 Å². The van der Waals surface area contributed by atoms with Crippen LogP contribution in [0, 0.1) is 6.92 Å². The van der Waals surface area contributed by atoms with Gasteiger partial charge in [0.05, 0.1) is 17.0 Å². The molecule has 0 saturated carbocycles. The van der Waals surface area contributed by atoms with Gasteiger partial charge < -0.3 is 4.52 Å². The number of hydrogen-bond acceptors (Lipinski definition) is 4. The molecule has 0 unspecified atom stereocenters. The molecule has 0 spiro atoms. The fourth-order valence-corrected chi connectivity index (χ4v) is 4.65. The number of fused-ring (bicyclic) bond motifs is 1. The minimum absolute atomic E-state index is 0.218. The highest BCUT2D eigenvalue weighted by Crippen LogP contribution is 2.35. The van der Waals surface area contributed by atoms with Gasteiger partial charge in [0.25, 0.3) is 0 Å². The van der Waals surface area contributed by atoms with Gasteiger partial charge in [0.1, 0.15) is 5.01 Å². The van der Waals surface area contributed by atoms with Gasteiger partial charge in [-0.1, -0.05) is 42.8 Å². The highest BCUT2D eigenvalue weighted by Gasteiger charge is 2.30. The first-order chi connectivity index (χ1) is 14.2. The number of halogens is 3. The molecule has 2 aromatic heterocycles. The first kappa shape index (κ1) is 20.6. The Morgan fingerprint density at radius 3 is 2.43 bits per heavy atom. The molecule has 156 valence electrons. The van der Waals surface area contributed by atoms with E-state index in [4.69, 9.17) is 9.51 Å². The molecule has 4 aromatic rings. The maximum atomic E-state index is 12.8. The van der Waals surface area contributed by atoms with Crippen LogP contribution in [0.1, 0.15) is 47.2 Å². The topological polar surface area (TPSA) is 38.9 Å². The smallest absolute Gasteiger partial charge is 0.356 e. The quantitative estimate of drug-likeness (QED) is 0.336. The number of hydrogen-bond donors (Lipinski definition) is 0. The molecular formula is C23H21F3N2OS. The number of benzene rings is 2. The van der Waals surface area contributed by atoms with Gasteiger partial charge in [-0.2, -0.15) is 13.2 Å². The zero-order valence-corrected chi connectivity index (χ0v) is 17.7. The number of aryl methyl sites for hydroxylation is 3. The van der Waals surface area contributed by atoms with Crippen molar-refractivity contribution in [3.05, 3.63) is 69.9 Å². The van der Waals surface area contributed by atoms with E-state index in [0.29, 0.717) is 12.0 Å². The maximum absolute atomic E-state index is 12.8. The Morgan fingerprint density at radius 1 is 1.03 bits per heavy atom. The molecule has 0 bridgehead atoms. The summed E-state index contributed by atoms with van der Waals surface area (Å²) in [6.07, 6.45) is -2.87. The Balaban J connectivity index is 1.60. The third kappa shape index (κ3) is 4.12. The molecule has 0 radical (unpaired) electrons. The minimum Gasteiger partial charge on any atom is -0.356 e. The van der Waals surface area contributed by atoms with Crippen LogP contribution in [-0.2, 0) is 19.0 Å². The third-order valence-electron chi connectivity index (χ3n) is 5.02. The summed E-state index contributed by atoms with van der Waals surface area (Å²) < 4.78 is 44.0. The van der Waals surface area contributed by atoms with Crippen molar-refractivity contribution in [3.8, 4) is 10.6 Å². The lowest BCUT2D eigenvalue weighted by Gasteiger charge is -2.06. The Labute approximate surface area is 176 Å². The number of aromatic nitrogens is 2. The fraction of sp³-hybridized carbons (Fsp3) is 0.304. The molecule has 2 aromatic carbocycles. The zero-order chi connectivity index (χ0) is 21.5. The van der Waals surface area contributed by atoms with Gasteiger partial charge in [-0.05, 0) is 49.9 Å². The van der Waals surface area contributed by atoms with Crippen molar-refractivity contribution in [1.82, 2.24) is 10.1 Å². The molecule has 0 atom stereocenters. The summed E-state index contributed by atoms with van der Waals surface area (Å²) >= 11 is 1.53. The average molecular weight is 430 g/mol. The lowest BCUT2D eigenvalue weighted by atomic mass is 10.0. The van der Waals surface area contributed by atoms with E-state index in [1.807, 2.05) is 19.1 Å². The largest absolute Gasteiger partial charge is 0.416 e. The van der Waals surface area contributed by atoms with Crippen LogP contribution in [0.4, 0.5) is 13.2 Å². The van der Waals surface area contributed by atoms with Crippen LogP contribution in [0.25, 0.3) is 21.5 Å².